The Bertz CT molecular complexity index is 1080. The van der Waals surface area contributed by atoms with Gasteiger partial charge in [-0.15, -0.1) is 5.10 Å². The molecule has 31 heavy (non-hydrogen) atoms. The van der Waals surface area contributed by atoms with Crippen LogP contribution in [0.4, 0.5) is 14.8 Å². The monoisotopic (exact) mass is 434 g/mol. The van der Waals surface area contributed by atoms with Crippen LogP contribution in [0.1, 0.15) is 31.9 Å². The fourth-order valence-electron chi connectivity index (χ4n) is 3.41. The molecule has 10 heteroatoms. The van der Waals surface area contributed by atoms with Crippen LogP contribution in [0.25, 0.3) is 22.5 Å². The van der Waals surface area contributed by atoms with E-state index in [0.717, 1.165) is 16.5 Å². The van der Waals surface area contributed by atoms with E-state index in [-0.39, 0.29) is 29.4 Å². The highest BCUT2D eigenvalue weighted by atomic mass is 19.3. The maximum absolute atomic E-state index is 12.8. The largest absolute Gasteiger partial charge is 0.435 e. The maximum atomic E-state index is 12.8. The van der Waals surface area contributed by atoms with E-state index in [9.17, 15) is 8.78 Å². The Morgan fingerprint density at radius 3 is 2.58 bits per heavy atom. The van der Waals surface area contributed by atoms with Crippen molar-refractivity contribution in [2.45, 2.75) is 46.0 Å². The van der Waals surface area contributed by atoms with Crippen molar-refractivity contribution in [2.24, 2.45) is 0 Å². The Kier molecular flexibility index (Phi) is 5.76. The molecule has 4 rings (SSSR count). The summed E-state index contributed by atoms with van der Waals surface area (Å²) in [6.45, 7) is 6.42. The lowest BCUT2D eigenvalue weighted by molar-refractivity contribution is -0.0498. The van der Waals surface area contributed by atoms with Gasteiger partial charge in [-0.3, -0.25) is 0 Å². The molecule has 0 unspecified atom stereocenters. The Morgan fingerprint density at radius 2 is 1.90 bits per heavy atom. The Balaban J connectivity index is 1.69. The average molecular weight is 434 g/mol. The number of fused-ring (bicyclic) bond motifs is 1. The van der Waals surface area contributed by atoms with Crippen molar-refractivity contribution in [1.82, 2.24) is 15.2 Å². The van der Waals surface area contributed by atoms with Gasteiger partial charge >= 0.3 is 12.6 Å². The molecule has 1 fully saturated rings. The second-order valence-corrected chi connectivity index (χ2v) is 8.28. The molecule has 3 aromatic rings. The van der Waals surface area contributed by atoms with E-state index in [1.807, 2.05) is 27.7 Å². The number of aromatic nitrogens is 3. The molecule has 3 heterocycles. The third kappa shape index (κ3) is 4.75. The third-order valence-electron chi connectivity index (χ3n) is 4.88. The molecule has 166 valence electrons. The number of aryl methyl sites for hydroxylation is 1. The Hall–Kier alpha value is -2.85. The van der Waals surface area contributed by atoms with Crippen LogP contribution < -0.4 is 10.1 Å². The van der Waals surface area contributed by atoms with Crippen LogP contribution in [0.15, 0.2) is 22.6 Å². The number of pyridine rings is 1. The zero-order chi connectivity index (χ0) is 22.2. The normalized spacial score (nSPS) is 15.2. The lowest BCUT2D eigenvalue weighted by atomic mass is 9.84. The van der Waals surface area contributed by atoms with Crippen LogP contribution in [-0.4, -0.2) is 47.8 Å². The summed E-state index contributed by atoms with van der Waals surface area (Å²) in [7, 11) is 0. The maximum Gasteiger partial charge on any atom is 0.387 e. The summed E-state index contributed by atoms with van der Waals surface area (Å²) in [4.78, 5) is 4.73. The SMILES string of the molecule is Cc1cc(-c2nnc(NCC3OCCO3)o2)nc2c(C(C)(C)C)cc(OC(F)F)cc12. The number of anilines is 1. The van der Waals surface area contributed by atoms with Crippen LogP contribution in [0, 0.1) is 6.92 Å². The molecular weight excluding hydrogens is 410 g/mol. The minimum absolute atomic E-state index is 0.103. The molecule has 1 aliphatic rings. The van der Waals surface area contributed by atoms with E-state index in [1.54, 1.807) is 18.2 Å². The van der Waals surface area contributed by atoms with Gasteiger partial charge in [-0.2, -0.15) is 8.78 Å². The lowest BCUT2D eigenvalue weighted by Crippen LogP contribution is -2.20. The van der Waals surface area contributed by atoms with Crippen LogP contribution in [0.3, 0.4) is 0 Å². The van der Waals surface area contributed by atoms with Gasteiger partial charge in [0.25, 0.3) is 5.89 Å². The van der Waals surface area contributed by atoms with E-state index < -0.39 is 6.61 Å². The van der Waals surface area contributed by atoms with E-state index in [0.29, 0.717) is 31.0 Å². The second kappa shape index (κ2) is 8.35. The van der Waals surface area contributed by atoms with Gasteiger partial charge < -0.3 is 23.9 Å². The summed E-state index contributed by atoms with van der Waals surface area (Å²) < 4.78 is 46.7. The van der Waals surface area contributed by atoms with Gasteiger partial charge in [0.1, 0.15) is 11.4 Å². The van der Waals surface area contributed by atoms with Gasteiger partial charge in [0, 0.05) is 5.39 Å². The highest BCUT2D eigenvalue weighted by Gasteiger charge is 2.23. The fourth-order valence-corrected chi connectivity index (χ4v) is 3.41. The van der Waals surface area contributed by atoms with Crippen molar-refractivity contribution >= 4 is 16.9 Å². The van der Waals surface area contributed by atoms with Crippen molar-refractivity contribution in [2.75, 3.05) is 25.1 Å². The van der Waals surface area contributed by atoms with Crippen LogP contribution >= 0.6 is 0 Å². The van der Waals surface area contributed by atoms with Crippen LogP contribution in [0.5, 0.6) is 5.75 Å². The van der Waals surface area contributed by atoms with Gasteiger partial charge in [-0.1, -0.05) is 25.9 Å². The number of nitrogens with one attached hydrogen (secondary N) is 1. The van der Waals surface area contributed by atoms with Gasteiger partial charge in [0.2, 0.25) is 0 Å². The summed E-state index contributed by atoms with van der Waals surface area (Å²) in [6, 6.07) is 5.19. The predicted octanol–water partition coefficient (Wildman–Crippen LogP) is 4.28. The Morgan fingerprint density at radius 1 is 1.16 bits per heavy atom. The van der Waals surface area contributed by atoms with Gasteiger partial charge in [-0.25, -0.2) is 4.98 Å². The van der Waals surface area contributed by atoms with Crippen molar-refractivity contribution in [3.8, 4) is 17.3 Å². The predicted molar refractivity (Wildman–Crippen MR) is 109 cm³/mol. The minimum atomic E-state index is -2.90. The Labute approximate surface area is 177 Å². The van der Waals surface area contributed by atoms with Crippen molar-refractivity contribution < 1.29 is 27.4 Å². The molecule has 0 atom stereocenters. The number of ether oxygens (including phenoxy) is 3. The summed E-state index contributed by atoms with van der Waals surface area (Å²) in [5.41, 5.74) is 2.40. The van der Waals surface area contributed by atoms with E-state index in [1.165, 1.54) is 0 Å². The first kappa shape index (κ1) is 21.4. The standard InChI is InChI=1S/C21H24F2N4O4/c1-11-7-15(18-26-27-20(31-18)24-10-16-28-5-6-29-16)25-17-13(11)8-12(30-19(22)23)9-14(17)21(2,3)4/h7-9,16,19H,5-6,10H2,1-4H3,(H,24,27). The van der Waals surface area contributed by atoms with Crippen molar-refractivity contribution in [3.63, 3.8) is 0 Å². The molecule has 1 N–H and O–H groups in total. The zero-order valence-electron chi connectivity index (χ0n) is 17.7. The van der Waals surface area contributed by atoms with Crippen molar-refractivity contribution in [3.05, 3.63) is 29.3 Å². The summed E-state index contributed by atoms with van der Waals surface area (Å²) in [5.74, 6) is 0.347. The average Bonchev–Trinajstić information content (AvgIpc) is 3.37. The molecule has 8 nitrogen and oxygen atoms in total. The highest BCUT2D eigenvalue weighted by Crippen LogP contribution is 2.36. The number of nitrogens with zero attached hydrogens (tertiary/aromatic N) is 3. The molecular formula is C21H24F2N4O4. The van der Waals surface area contributed by atoms with Gasteiger partial charge in [-0.05, 0) is 41.7 Å². The fraction of sp³-hybridized carbons (Fsp3) is 0.476. The molecule has 0 radical (unpaired) electrons. The van der Waals surface area contributed by atoms with E-state index >= 15 is 0 Å². The highest BCUT2D eigenvalue weighted by molar-refractivity contribution is 5.89. The molecule has 1 aromatic carbocycles. The number of alkyl halides is 2. The van der Waals surface area contributed by atoms with Gasteiger partial charge in [0.05, 0.1) is 25.3 Å². The molecule has 0 bridgehead atoms. The molecule has 1 saturated heterocycles. The first-order valence-corrected chi connectivity index (χ1v) is 9.92. The number of hydrogen-bond donors (Lipinski definition) is 1. The molecule has 1 aliphatic heterocycles. The molecule has 0 saturated carbocycles. The molecule has 0 spiro atoms. The molecule has 0 amide bonds. The number of rotatable bonds is 6. The van der Waals surface area contributed by atoms with E-state index in [2.05, 4.69) is 20.3 Å². The van der Waals surface area contributed by atoms with E-state index in [4.69, 9.17) is 18.9 Å². The van der Waals surface area contributed by atoms with Crippen LogP contribution in [0.2, 0.25) is 0 Å². The number of hydrogen-bond acceptors (Lipinski definition) is 8. The second-order valence-electron chi connectivity index (χ2n) is 8.28. The third-order valence-corrected chi connectivity index (χ3v) is 4.88. The molecule has 2 aromatic heterocycles. The number of benzene rings is 1. The minimum Gasteiger partial charge on any atom is -0.435 e. The quantitative estimate of drug-likeness (QED) is 0.615. The zero-order valence-corrected chi connectivity index (χ0v) is 17.7. The smallest absolute Gasteiger partial charge is 0.387 e. The topological polar surface area (TPSA) is 91.5 Å². The lowest BCUT2D eigenvalue weighted by Gasteiger charge is -2.22. The van der Waals surface area contributed by atoms with Gasteiger partial charge in [0.15, 0.2) is 6.29 Å². The summed E-state index contributed by atoms with van der Waals surface area (Å²) in [5, 5.41) is 11.8. The molecule has 0 aliphatic carbocycles. The first-order valence-electron chi connectivity index (χ1n) is 9.92. The first-order chi connectivity index (χ1) is 14.7. The summed E-state index contributed by atoms with van der Waals surface area (Å²) >= 11 is 0. The number of halogens is 2. The van der Waals surface area contributed by atoms with Crippen LogP contribution in [-0.2, 0) is 14.9 Å². The van der Waals surface area contributed by atoms with Crippen molar-refractivity contribution in [1.29, 1.82) is 0 Å². The summed E-state index contributed by atoms with van der Waals surface area (Å²) in [6.07, 6.45) is -0.351.